The van der Waals surface area contributed by atoms with E-state index in [-0.39, 0.29) is 45.6 Å². The first-order valence-electron chi connectivity index (χ1n) is 12.2. The van der Waals surface area contributed by atoms with Crippen molar-refractivity contribution < 1.29 is 32.2 Å². The molecule has 1 aliphatic rings. The molecule has 0 saturated carbocycles. The summed E-state index contributed by atoms with van der Waals surface area (Å²) in [6.07, 6.45) is -2.03. The minimum Gasteiger partial charge on any atom is -0.476 e. The summed E-state index contributed by atoms with van der Waals surface area (Å²) in [4.78, 5) is 38.9. The second-order valence-electron chi connectivity index (χ2n) is 8.49. The average molecular weight is 581 g/mol. The number of nitrogen functional groups attached to an aromatic ring is 1. The van der Waals surface area contributed by atoms with E-state index in [9.17, 15) is 22.8 Å². The lowest BCUT2D eigenvalue weighted by atomic mass is 10.0. The molecule has 0 aliphatic carbocycles. The van der Waals surface area contributed by atoms with Gasteiger partial charge in [-0.1, -0.05) is 0 Å². The Balaban J connectivity index is 1.77. The predicted molar refractivity (Wildman–Crippen MR) is 141 cm³/mol. The molecule has 0 unspecified atom stereocenters. The maximum atomic E-state index is 13.4. The van der Waals surface area contributed by atoms with Gasteiger partial charge in [-0.25, -0.2) is 25.6 Å². The number of carbonyl (C=O) groups excluding carboxylic acids is 2. The van der Waals surface area contributed by atoms with E-state index in [0.717, 1.165) is 29.8 Å². The Bertz CT molecular complexity index is 1350. The summed E-state index contributed by atoms with van der Waals surface area (Å²) in [6, 6.07) is 2.31. The van der Waals surface area contributed by atoms with Gasteiger partial charge >= 0.3 is 12.2 Å². The van der Waals surface area contributed by atoms with Crippen molar-refractivity contribution >= 4 is 29.1 Å². The van der Waals surface area contributed by atoms with Crippen LogP contribution in [0.1, 0.15) is 23.0 Å². The van der Waals surface area contributed by atoms with Crippen LogP contribution in [0.2, 0.25) is 0 Å². The molecular formula is C24H27F3N8O4S. The minimum absolute atomic E-state index is 0.0108. The molecule has 12 nitrogen and oxygen atoms in total. The molecule has 3 aromatic heterocycles. The number of hydrazine groups is 1. The normalized spacial score (nSPS) is 14.0. The lowest BCUT2D eigenvalue weighted by Crippen LogP contribution is -2.38. The number of hydrogen-bond donors (Lipinski definition) is 4. The molecule has 3 aromatic rings. The zero-order valence-corrected chi connectivity index (χ0v) is 22.2. The lowest BCUT2D eigenvalue weighted by Gasteiger charge is -2.26. The van der Waals surface area contributed by atoms with Gasteiger partial charge in [0, 0.05) is 60.6 Å². The number of nitrogens with one attached hydrogen (secondary N) is 3. The number of pyridine rings is 2. The fourth-order valence-electron chi connectivity index (χ4n) is 3.83. The number of amides is 3. The van der Waals surface area contributed by atoms with Crippen molar-refractivity contribution in [3.8, 4) is 27.6 Å². The maximum Gasteiger partial charge on any atom is 0.434 e. The zero-order chi connectivity index (χ0) is 28.7. The summed E-state index contributed by atoms with van der Waals surface area (Å²) in [6.45, 7) is 5.64. The Hall–Kier alpha value is -3.86. The van der Waals surface area contributed by atoms with Crippen LogP contribution in [-0.4, -0.2) is 77.8 Å². The molecular weight excluding hydrogens is 553 g/mol. The third kappa shape index (κ3) is 7.20. The summed E-state index contributed by atoms with van der Waals surface area (Å²) in [7, 11) is 0. The molecule has 1 saturated heterocycles. The van der Waals surface area contributed by atoms with E-state index < -0.39 is 23.8 Å². The van der Waals surface area contributed by atoms with Gasteiger partial charge in [0.15, 0.2) is 5.69 Å². The fraction of sp³-hybridized carbons (Fsp3) is 0.375. The Morgan fingerprint density at radius 1 is 1.15 bits per heavy atom. The Morgan fingerprint density at radius 3 is 2.60 bits per heavy atom. The SMILES string of the molecule is CCNC(=O)Nc1cc(-c2nc(C(F)(F)F)cs2)c(-c2cc(C(=O)NN)cnc2OCCN2CCOCC2)cn1. The highest BCUT2D eigenvalue weighted by atomic mass is 32.1. The first kappa shape index (κ1) is 29.1. The van der Waals surface area contributed by atoms with Crippen LogP contribution in [0.3, 0.4) is 0 Å². The maximum absolute atomic E-state index is 13.4. The van der Waals surface area contributed by atoms with Gasteiger partial charge in [-0.3, -0.25) is 20.4 Å². The topological polar surface area (TPSA) is 157 Å². The Labute approximate surface area is 231 Å². The number of rotatable bonds is 9. The van der Waals surface area contributed by atoms with Crippen molar-refractivity contribution in [1.82, 2.24) is 30.6 Å². The van der Waals surface area contributed by atoms with Crippen LogP contribution in [-0.2, 0) is 10.9 Å². The van der Waals surface area contributed by atoms with E-state index in [1.54, 1.807) is 6.92 Å². The number of aromatic nitrogens is 3. The second-order valence-corrected chi connectivity index (χ2v) is 9.35. The van der Waals surface area contributed by atoms with Gasteiger partial charge in [-0.2, -0.15) is 13.2 Å². The number of nitrogens with two attached hydrogens (primary N) is 1. The molecule has 3 amide bonds. The van der Waals surface area contributed by atoms with E-state index >= 15 is 0 Å². The third-order valence-electron chi connectivity index (χ3n) is 5.79. The lowest BCUT2D eigenvalue weighted by molar-refractivity contribution is -0.140. The molecule has 40 heavy (non-hydrogen) atoms. The van der Waals surface area contributed by atoms with Gasteiger partial charge in [0.05, 0.1) is 18.8 Å². The number of thiazole rings is 1. The third-order valence-corrected chi connectivity index (χ3v) is 6.67. The summed E-state index contributed by atoms with van der Waals surface area (Å²) < 4.78 is 51.5. The summed E-state index contributed by atoms with van der Waals surface area (Å²) in [5, 5.41) is 6.01. The van der Waals surface area contributed by atoms with Crippen molar-refractivity contribution in [3.63, 3.8) is 0 Å². The monoisotopic (exact) mass is 580 g/mol. The van der Waals surface area contributed by atoms with Gasteiger partial charge in [0.25, 0.3) is 5.91 Å². The number of carbonyl (C=O) groups is 2. The van der Waals surface area contributed by atoms with Crippen LogP contribution in [0.15, 0.2) is 29.9 Å². The number of urea groups is 1. The molecule has 16 heteroatoms. The molecule has 0 bridgehead atoms. The van der Waals surface area contributed by atoms with E-state index in [0.29, 0.717) is 26.3 Å². The fourth-order valence-corrected chi connectivity index (χ4v) is 4.68. The predicted octanol–water partition coefficient (Wildman–Crippen LogP) is 2.74. The van der Waals surface area contributed by atoms with Crippen LogP contribution in [0.25, 0.3) is 21.7 Å². The van der Waals surface area contributed by atoms with E-state index in [2.05, 4.69) is 30.5 Å². The molecule has 0 radical (unpaired) electrons. The summed E-state index contributed by atoms with van der Waals surface area (Å²) in [5.74, 6) is 4.87. The minimum atomic E-state index is -4.65. The van der Waals surface area contributed by atoms with E-state index in [1.807, 2.05) is 5.43 Å². The molecule has 1 fully saturated rings. The van der Waals surface area contributed by atoms with Crippen molar-refractivity contribution in [1.29, 1.82) is 0 Å². The van der Waals surface area contributed by atoms with Crippen LogP contribution < -0.4 is 26.6 Å². The molecule has 4 heterocycles. The number of alkyl halides is 3. The van der Waals surface area contributed by atoms with Gasteiger partial charge in [0.2, 0.25) is 5.88 Å². The second kappa shape index (κ2) is 13.0. The highest BCUT2D eigenvalue weighted by Crippen LogP contribution is 2.40. The van der Waals surface area contributed by atoms with Crippen molar-refractivity contribution in [2.24, 2.45) is 5.84 Å². The van der Waals surface area contributed by atoms with Gasteiger partial charge < -0.3 is 14.8 Å². The standard InChI is InChI=1S/C24H27F3N8O4S/c1-2-29-23(37)33-19-10-16(22-32-18(13-40-22)24(25,26)27)17(12-30-19)15-9-14(20(36)34-28)11-31-21(15)39-8-5-35-3-6-38-7-4-35/h9-13H,2-8,28H2,1H3,(H,34,36)(H2,29,30,33,37). The molecule has 0 spiro atoms. The quantitative estimate of drug-likeness (QED) is 0.170. The molecule has 5 N–H and O–H groups in total. The molecule has 0 aromatic carbocycles. The highest BCUT2D eigenvalue weighted by molar-refractivity contribution is 7.13. The van der Waals surface area contributed by atoms with E-state index in [1.165, 1.54) is 24.5 Å². The number of morpholine rings is 1. The van der Waals surface area contributed by atoms with Gasteiger partial charge in [0.1, 0.15) is 17.4 Å². The molecule has 4 rings (SSSR count). The highest BCUT2D eigenvalue weighted by Gasteiger charge is 2.34. The number of halogens is 3. The van der Waals surface area contributed by atoms with Crippen LogP contribution >= 0.6 is 11.3 Å². The Morgan fingerprint density at radius 2 is 1.93 bits per heavy atom. The average Bonchev–Trinajstić information content (AvgIpc) is 3.45. The Kier molecular flexibility index (Phi) is 9.46. The number of ether oxygens (including phenoxy) is 2. The molecule has 214 valence electrons. The first-order valence-corrected chi connectivity index (χ1v) is 13.1. The van der Waals surface area contributed by atoms with Crippen LogP contribution in [0.5, 0.6) is 5.88 Å². The molecule has 1 aliphatic heterocycles. The number of hydrogen-bond acceptors (Lipinski definition) is 10. The van der Waals surface area contributed by atoms with Crippen molar-refractivity contribution in [3.05, 3.63) is 41.2 Å². The van der Waals surface area contributed by atoms with Crippen molar-refractivity contribution in [2.45, 2.75) is 13.1 Å². The smallest absolute Gasteiger partial charge is 0.434 e. The summed E-state index contributed by atoms with van der Waals surface area (Å²) >= 11 is 0.767. The van der Waals surface area contributed by atoms with Crippen LogP contribution in [0.4, 0.5) is 23.8 Å². The van der Waals surface area contributed by atoms with Crippen molar-refractivity contribution in [2.75, 3.05) is 51.3 Å². The summed E-state index contributed by atoms with van der Waals surface area (Å²) in [5.41, 5.74) is 1.83. The number of anilines is 1. The zero-order valence-electron chi connectivity index (χ0n) is 21.4. The molecule has 0 atom stereocenters. The van der Waals surface area contributed by atoms with Gasteiger partial charge in [-0.05, 0) is 19.1 Å². The van der Waals surface area contributed by atoms with Gasteiger partial charge in [-0.15, -0.1) is 11.3 Å². The number of nitrogens with zero attached hydrogens (tertiary/aromatic N) is 4. The first-order chi connectivity index (χ1) is 19.2. The van der Waals surface area contributed by atoms with E-state index in [4.69, 9.17) is 15.3 Å². The largest absolute Gasteiger partial charge is 0.476 e. The van der Waals surface area contributed by atoms with Crippen LogP contribution in [0, 0.1) is 0 Å².